The largest absolute Gasteiger partial charge is 0.293 e. The zero-order valence-corrected chi connectivity index (χ0v) is 10.3. The van der Waals surface area contributed by atoms with Crippen LogP contribution in [0, 0.1) is 13.7 Å². The van der Waals surface area contributed by atoms with Crippen LogP contribution in [0.3, 0.4) is 0 Å². The van der Waals surface area contributed by atoms with Crippen molar-refractivity contribution in [2.75, 3.05) is 0 Å². The van der Waals surface area contributed by atoms with E-state index in [4.69, 9.17) is 5.53 Å². The van der Waals surface area contributed by atoms with Gasteiger partial charge in [-0.1, -0.05) is 5.11 Å². The highest BCUT2D eigenvalue weighted by Crippen LogP contribution is 2.36. The Kier molecular flexibility index (Phi) is 3.67. The summed E-state index contributed by atoms with van der Waals surface area (Å²) >= 11 is 4.97. The lowest BCUT2D eigenvalue weighted by molar-refractivity contribution is -0.385. The van der Waals surface area contributed by atoms with Gasteiger partial charge in [0.05, 0.1) is 4.92 Å². The highest BCUT2D eigenvalue weighted by atomic mass is 127. The molecule has 0 radical (unpaired) electrons. The molecule has 0 spiro atoms. The number of nitrogens with zero attached hydrogens (tertiary/aromatic N) is 4. The first-order valence-corrected chi connectivity index (χ1v) is 5.12. The minimum Gasteiger partial charge on any atom is -0.258 e. The van der Waals surface area contributed by atoms with Gasteiger partial charge in [-0.2, -0.15) is 0 Å². The van der Waals surface area contributed by atoms with E-state index in [0.717, 1.165) is 0 Å². The Morgan fingerprint density at radius 1 is 1.64 bits per heavy atom. The van der Waals surface area contributed by atoms with E-state index in [0.29, 0.717) is 8.04 Å². The van der Waals surface area contributed by atoms with Crippen LogP contribution in [0.1, 0.15) is 0 Å². The summed E-state index contributed by atoms with van der Waals surface area (Å²) in [6, 6.07) is 2.99. The summed E-state index contributed by atoms with van der Waals surface area (Å²) in [5, 5.41) is 13.9. The molecule has 0 saturated heterocycles. The Labute approximate surface area is 100 Å². The maximum absolute atomic E-state index is 10.7. The van der Waals surface area contributed by atoms with Crippen molar-refractivity contribution in [2.24, 2.45) is 5.11 Å². The first kappa shape index (κ1) is 11.2. The molecule has 1 aromatic rings. The van der Waals surface area contributed by atoms with Crippen LogP contribution in [0.4, 0.5) is 11.4 Å². The fourth-order valence-corrected chi connectivity index (χ4v) is 1.81. The Hall–Kier alpha value is -0.860. The number of benzene rings is 1. The molecule has 1 aromatic carbocycles. The Balaban J connectivity index is 3.52. The predicted octanol–water partition coefficient (Wildman–Crippen LogP) is 3.90. The zero-order chi connectivity index (χ0) is 10.7. The first-order valence-electron chi connectivity index (χ1n) is 3.25. The second kappa shape index (κ2) is 4.58. The molecular weight excluding hydrogens is 367 g/mol. The molecule has 8 heteroatoms. The zero-order valence-electron chi connectivity index (χ0n) is 6.52. The monoisotopic (exact) mass is 368 g/mol. The van der Waals surface area contributed by atoms with E-state index in [-0.39, 0.29) is 11.4 Å². The lowest BCUT2D eigenvalue weighted by atomic mass is 10.3. The van der Waals surface area contributed by atoms with Gasteiger partial charge >= 0.3 is 0 Å². The molecule has 14 heavy (non-hydrogen) atoms. The van der Waals surface area contributed by atoms with Gasteiger partial charge in [-0.05, 0) is 56.2 Å². The quantitative estimate of drug-likeness (QED) is 0.198. The number of nitro groups is 1. The van der Waals surface area contributed by atoms with Gasteiger partial charge in [0.25, 0.3) is 5.69 Å². The van der Waals surface area contributed by atoms with E-state index in [9.17, 15) is 10.1 Å². The van der Waals surface area contributed by atoms with Crippen molar-refractivity contribution in [3.8, 4) is 0 Å². The number of azide groups is 1. The van der Waals surface area contributed by atoms with E-state index in [1.165, 1.54) is 6.07 Å². The predicted molar refractivity (Wildman–Crippen MR) is 62.3 cm³/mol. The molecule has 0 aromatic heterocycles. The maximum Gasteiger partial charge on any atom is 0.293 e. The summed E-state index contributed by atoms with van der Waals surface area (Å²) in [7, 11) is 0. The van der Waals surface area contributed by atoms with E-state index < -0.39 is 4.92 Å². The molecule has 0 atom stereocenters. The summed E-state index contributed by atoms with van der Waals surface area (Å²) in [4.78, 5) is 12.6. The van der Waals surface area contributed by atoms with Gasteiger partial charge in [-0.15, -0.1) is 0 Å². The second-order valence-corrected chi connectivity index (χ2v) is 4.11. The molecule has 0 aliphatic heterocycles. The molecular formula is C6H2BrIN4O2. The Morgan fingerprint density at radius 2 is 2.29 bits per heavy atom. The number of rotatable bonds is 2. The van der Waals surface area contributed by atoms with Gasteiger partial charge in [0.2, 0.25) is 0 Å². The van der Waals surface area contributed by atoms with Crippen LogP contribution in [0.15, 0.2) is 21.7 Å². The average molecular weight is 369 g/mol. The van der Waals surface area contributed by atoms with Gasteiger partial charge in [-0.25, -0.2) is 0 Å². The number of hydrogen-bond donors (Lipinski definition) is 0. The summed E-state index contributed by atoms with van der Waals surface area (Å²) in [5.41, 5.74) is 8.04. The molecule has 0 unspecified atom stereocenters. The van der Waals surface area contributed by atoms with Crippen LogP contribution >= 0.6 is 38.5 Å². The number of halogens is 2. The Bertz CT molecular complexity index is 444. The van der Waals surface area contributed by atoms with Crippen LogP contribution in [0.2, 0.25) is 0 Å². The summed E-state index contributed by atoms with van der Waals surface area (Å²) in [6.45, 7) is 0. The van der Waals surface area contributed by atoms with Crippen molar-refractivity contribution < 1.29 is 4.92 Å². The molecule has 0 amide bonds. The molecule has 0 saturated carbocycles. The van der Waals surface area contributed by atoms with Gasteiger partial charge in [-0.3, -0.25) is 10.1 Å². The van der Waals surface area contributed by atoms with Crippen molar-refractivity contribution >= 4 is 49.9 Å². The fourth-order valence-electron chi connectivity index (χ4n) is 0.832. The minimum atomic E-state index is -0.573. The van der Waals surface area contributed by atoms with E-state index in [2.05, 4.69) is 26.0 Å². The van der Waals surface area contributed by atoms with Gasteiger partial charge in [0, 0.05) is 9.38 Å². The SMILES string of the molecule is [N-]=[N+]=Nc1ccc(Br)c(I)c1[N+](=O)[O-]. The number of hydrogen-bond acceptors (Lipinski definition) is 3. The third kappa shape index (κ3) is 2.14. The molecule has 0 fully saturated rings. The average Bonchev–Trinajstić information content (AvgIpc) is 2.11. The molecule has 0 N–H and O–H groups in total. The van der Waals surface area contributed by atoms with Crippen LogP contribution in [0.5, 0.6) is 0 Å². The van der Waals surface area contributed by atoms with Crippen molar-refractivity contribution in [3.63, 3.8) is 0 Å². The lowest BCUT2D eigenvalue weighted by Crippen LogP contribution is -1.92. The first-order chi connectivity index (χ1) is 6.57. The van der Waals surface area contributed by atoms with Crippen molar-refractivity contribution in [3.05, 3.63) is 40.7 Å². The van der Waals surface area contributed by atoms with Gasteiger partial charge < -0.3 is 0 Å². The molecule has 6 nitrogen and oxygen atoms in total. The normalized spacial score (nSPS) is 9.29. The topological polar surface area (TPSA) is 91.9 Å². The van der Waals surface area contributed by atoms with E-state index in [1.54, 1.807) is 6.07 Å². The van der Waals surface area contributed by atoms with Crippen molar-refractivity contribution in [1.29, 1.82) is 0 Å². The molecule has 0 aliphatic rings. The highest BCUT2D eigenvalue weighted by molar-refractivity contribution is 14.1. The molecule has 0 bridgehead atoms. The summed E-state index contributed by atoms with van der Waals surface area (Å²) in [5.74, 6) is 0. The standard InChI is InChI=1S/C6H2BrIN4O2/c7-3-1-2-4(10-11-9)6(5(3)8)12(13)14/h1-2H. The smallest absolute Gasteiger partial charge is 0.258 e. The van der Waals surface area contributed by atoms with Crippen LogP contribution < -0.4 is 0 Å². The van der Waals surface area contributed by atoms with Crippen LogP contribution in [-0.4, -0.2) is 4.92 Å². The summed E-state index contributed by atoms with van der Waals surface area (Å²) < 4.78 is 1.01. The molecule has 1 rings (SSSR count). The van der Waals surface area contributed by atoms with E-state index >= 15 is 0 Å². The van der Waals surface area contributed by atoms with Crippen LogP contribution in [0.25, 0.3) is 10.4 Å². The molecule has 72 valence electrons. The third-order valence-electron chi connectivity index (χ3n) is 1.38. The molecule has 0 aliphatic carbocycles. The fraction of sp³-hybridized carbons (Fsp3) is 0. The minimum absolute atomic E-state index is 0.0186. The number of nitro benzene ring substituents is 1. The van der Waals surface area contributed by atoms with Crippen molar-refractivity contribution in [2.45, 2.75) is 0 Å². The van der Waals surface area contributed by atoms with Crippen molar-refractivity contribution in [1.82, 2.24) is 0 Å². The van der Waals surface area contributed by atoms with Gasteiger partial charge in [0.15, 0.2) is 0 Å². The highest BCUT2D eigenvalue weighted by Gasteiger charge is 2.19. The lowest BCUT2D eigenvalue weighted by Gasteiger charge is -2.00. The third-order valence-corrected chi connectivity index (χ3v) is 3.88. The Morgan fingerprint density at radius 3 is 2.79 bits per heavy atom. The maximum atomic E-state index is 10.7. The van der Waals surface area contributed by atoms with E-state index in [1.807, 2.05) is 22.6 Å². The summed E-state index contributed by atoms with van der Waals surface area (Å²) in [6.07, 6.45) is 0. The second-order valence-electron chi connectivity index (χ2n) is 2.18. The van der Waals surface area contributed by atoms with Crippen LogP contribution in [-0.2, 0) is 0 Å². The van der Waals surface area contributed by atoms with Gasteiger partial charge in [0.1, 0.15) is 9.26 Å². The molecule has 0 heterocycles.